The fourth-order valence-electron chi connectivity index (χ4n) is 3.91. The zero-order valence-electron chi connectivity index (χ0n) is 15.1. The summed E-state index contributed by atoms with van der Waals surface area (Å²) in [6, 6.07) is 26.8. The van der Waals surface area contributed by atoms with Crippen LogP contribution in [0.15, 0.2) is 84.0 Å². The van der Waals surface area contributed by atoms with E-state index in [1.165, 1.54) is 5.56 Å². The van der Waals surface area contributed by atoms with Crippen molar-refractivity contribution in [3.05, 3.63) is 95.6 Å². The van der Waals surface area contributed by atoms with Crippen molar-refractivity contribution in [2.45, 2.75) is 18.7 Å². The molecule has 2 aliphatic rings. The van der Waals surface area contributed by atoms with Gasteiger partial charge in [0.2, 0.25) is 6.23 Å². The van der Waals surface area contributed by atoms with Crippen LogP contribution in [-0.4, -0.2) is 17.8 Å². The maximum absolute atomic E-state index is 6.40. The van der Waals surface area contributed by atoms with Gasteiger partial charge >= 0.3 is 0 Å². The van der Waals surface area contributed by atoms with Gasteiger partial charge in [-0.3, -0.25) is 0 Å². The molecule has 4 heteroatoms. The number of nitrogens with zero attached hydrogens (tertiary/aromatic N) is 2. The third-order valence-corrected chi connectivity index (χ3v) is 5.21. The van der Waals surface area contributed by atoms with Crippen molar-refractivity contribution in [2.75, 3.05) is 7.11 Å². The van der Waals surface area contributed by atoms with Crippen LogP contribution in [0.3, 0.4) is 0 Å². The minimum Gasteiger partial charge on any atom is -0.496 e. The number of hydrazone groups is 1. The zero-order chi connectivity index (χ0) is 18.2. The Morgan fingerprint density at radius 1 is 0.889 bits per heavy atom. The minimum atomic E-state index is -0.317. The van der Waals surface area contributed by atoms with Gasteiger partial charge in [0, 0.05) is 12.0 Å². The van der Waals surface area contributed by atoms with Gasteiger partial charge in [-0.2, -0.15) is 5.10 Å². The molecule has 5 rings (SSSR count). The van der Waals surface area contributed by atoms with Gasteiger partial charge < -0.3 is 9.47 Å². The molecule has 2 heterocycles. The second kappa shape index (κ2) is 6.47. The van der Waals surface area contributed by atoms with E-state index in [0.29, 0.717) is 0 Å². The summed E-state index contributed by atoms with van der Waals surface area (Å²) in [7, 11) is 1.69. The van der Waals surface area contributed by atoms with Crippen molar-refractivity contribution in [3.8, 4) is 11.5 Å². The van der Waals surface area contributed by atoms with Crippen LogP contribution in [0.4, 0.5) is 0 Å². The summed E-state index contributed by atoms with van der Waals surface area (Å²) in [4.78, 5) is 0. The first-order chi connectivity index (χ1) is 13.3. The molecule has 0 N–H and O–H groups in total. The van der Waals surface area contributed by atoms with Gasteiger partial charge in [0.15, 0.2) is 0 Å². The summed E-state index contributed by atoms with van der Waals surface area (Å²) < 4.78 is 12.0. The number of ether oxygens (including phenoxy) is 2. The maximum Gasteiger partial charge on any atom is 0.217 e. The summed E-state index contributed by atoms with van der Waals surface area (Å²) in [6.45, 7) is 0. The molecule has 0 radical (unpaired) electrons. The fraction of sp³-hybridized carbons (Fsp3) is 0.174. The Morgan fingerprint density at radius 2 is 1.59 bits per heavy atom. The second-order valence-corrected chi connectivity index (χ2v) is 6.76. The highest BCUT2D eigenvalue weighted by Gasteiger charge is 2.41. The van der Waals surface area contributed by atoms with Gasteiger partial charge in [-0.1, -0.05) is 60.7 Å². The van der Waals surface area contributed by atoms with Gasteiger partial charge in [-0.05, 0) is 23.8 Å². The van der Waals surface area contributed by atoms with Crippen molar-refractivity contribution in [2.24, 2.45) is 5.10 Å². The van der Waals surface area contributed by atoms with Crippen LogP contribution >= 0.6 is 0 Å². The number of benzene rings is 3. The monoisotopic (exact) mass is 356 g/mol. The molecule has 134 valence electrons. The highest BCUT2D eigenvalue weighted by atomic mass is 16.5. The predicted octanol–water partition coefficient (Wildman–Crippen LogP) is 4.94. The number of para-hydroxylation sites is 2. The average Bonchev–Trinajstić information content (AvgIpc) is 3.19. The highest BCUT2D eigenvalue weighted by molar-refractivity contribution is 6.01. The Morgan fingerprint density at radius 3 is 2.41 bits per heavy atom. The molecule has 4 nitrogen and oxygen atoms in total. The molecular formula is C23H20N2O2. The lowest BCUT2D eigenvalue weighted by atomic mass is 9.96. The minimum absolute atomic E-state index is 0.153. The lowest BCUT2D eigenvalue weighted by Crippen LogP contribution is -2.33. The SMILES string of the molecule is COc1ccccc1[C@@H]1Oc2ccccc2[C@H]2CC(c3ccccc3)=NN21. The van der Waals surface area contributed by atoms with E-state index < -0.39 is 0 Å². The third kappa shape index (κ3) is 2.65. The van der Waals surface area contributed by atoms with Crippen LogP contribution < -0.4 is 9.47 Å². The van der Waals surface area contributed by atoms with Gasteiger partial charge in [0.05, 0.1) is 24.4 Å². The molecule has 0 fully saturated rings. The first kappa shape index (κ1) is 15.9. The van der Waals surface area contributed by atoms with E-state index in [1.54, 1.807) is 7.11 Å². The molecule has 2 aliphatic heterocycles. The van der Waals surface area contributed by atoms with E-state index in [9.17, 15) is 0 Å². The molecule has 0 bridgehead atoms. The third-order valence-electron chi connectivity index (χ3n) is 5.21. The van der Waals surface area contributed by atoms with E-state index >= 15 is 0 Å². The van der Waals surface area contributed by atoms with E-state index in [4.69, 9.17) is 14.6 Å². The van der Waals surface area contributed by atoms with Gasteiger partial charge in [-0.15, -0.1) is 0 Å². The Labute approximate surface area is 158 Å². The van der Waals surface area contributed by atoms with Crippen LogP contribution in [0.25, 0.3) is 0 Å². The Kier molecular flexibility index (Phi) is 3.82. The fourth-order valence-corrected chi connectivity index (χ4v) is 3.91. The number of methoxy groups -OCH3 is 1. The highest BCUT2D eigenvalue weighted by Crippen LogP contribution is 2.48. The Balaban J connectivity index is 1.63. The molecule has 0 aromatic heterocycles. The first-order valence-electron chi connectivity index (χ1n) is 9.15. The lowest BCUT2D eigenvalue weighted by molar-refractivity contribution is -0.0203. The number of hydrogen-bond acceptors (Lipinski definition) is 4. The second-order valence-electron chi connectivity index (χ2n) is 6.76. The molecule has 0 amide bonds. The van der Waals surface area contributed by atoms with Crippen molar-refractivity contribution < 1.29 is 9.47 Å². The summed E-state index contributed by atoms with van der Waals surface area (Å²) in [5, 5.41) is 7.07. The molecule has 3 aromatic rings. The zero-order valence-corrected chi connectivity index (χ0v) is 15.1. The van der Waals surface area contributed by atoms with E-state index in [2.05, 4.69) is 41.4 Å². The summed E-state index contributed by atoms with van der Waals surface area (Å²) in [6.07, 6.45) is 0.540. The molecule has 0 aliphatic carbocycles. The van der Waals surface area contributed by atoms with E-state index in [0.717, 1.165) is 34.8 Å². The van der Waals surface area contributed by atoms with Crippen LogP contribution in [-0.2, 0) is 0 Å². The van der Waals surface area contributed by atoms with Crippen molar-refractivity contribution in [3.63, 3.8) is 0 Å². The average molecular weight is 356 g/mol. The standard InChI is InChI=1S/C23H20N2O2/c1-26-21-13-7-6-12-18(21)23-25-20(17-11-5-8-14-22(17)27-23)15-19(24-25)16-9-3-2-4-10-16/h2-14,20,23H,15H2,1H3/t20-,23+/m1/s1. The van der Waals surface area contributed by atoms with Crippen molar-refractivity contribution in [1.29, 1.82) is 0 Å². The molecule has 0 spiro atoms. The Hall–Kier alpha value is -3.27. The molecule has 3 aromatic carbocycles. The quantitative estimate of drug-likeness (QED) is 0.667. The van der Waals surface area contributed by atoms with Gasteiger partial charge in [-0.25, -0.2) is 5.01 Å². The molecule has 27 heavy (non-hydrogen) atoms. The van der Waals surface area contributed by atoms with Crippen molar-refractivity contribution >= 4 is 5.71 Å². The van der Waals surface area contributed by atoms with Gasteiger partial charge in [0.1, 0.15) is 11.5 Å². The van der Waals surface area contributed by atoms with E-state index in [1.807, 2.05) is 42.5 Å². The molecular weight excluding hydrogens is 336 g/mol. The first-order valence-corrected chi connectivity index (χ1v) is 9.15. The van der Waals surface area contributed by atoms with Crippen LogP contribution in [0.2, 0.25) is 0 Å². The molecule has 0 unspecified atom stereocenters. The van der Waals surface area contributed by atoms with Crippen molar-refractivity contribution in [1.82, 2.24) is 5.01 Å². The summed E-state index contributed by atoms with van der Waals surface area (Å²) >= 11 is 0. The summed E-state index contributed by atoms with van der Waals surface area (Å²) in [5.74, 6) is 1.73. The normalized spacial score (nSPS) is 20.3. The van der Waals surface area contributed by atoms with E-state index in [-0.39, 0.29) is 12.3 Å². The maximum atomic E-state index is 6.40. The van der Waals surface area contributed by atoms with Crippen LogP contribution in [0.5, 0.6) is 11.5 Å². The van der Waals surface area contributed by atoms with Crippen LogP contribution in [0.1, 0.15) is 35.4 Å². The largest absolute Gasteiger partial charge is 0.496 e. The predicted molar refractivity (Wildman–Crippen MR) is 105 cm³/mol. The number of fused-ring (bicyclic) bond motifs is 3. The topological polar surface area (TPSA) is 34.1 Å². The number of rotatable bonds is 3. The molecule has 0 saturated carbocycles. The lowest BCUT2D eigenvalue weighted by Gasteiger charge is -2.38. The summed E-state index contributed by atoms with van der Waals surface area (Å²) in [5.41, 5.74) is 4.40. The smallest absolute Gasteiger partial charge is 0.217 e. The molecule has 0 saturated heterocycles. The number of hydrogen-bond donors (Lipinski definition) is 0. The van der Waals surface area contributed by atoms with Gasteiger partial charge in [0.25, 0.3) is 0 Å². The Bertz CT molecular complexity index is 1000. The van der Waals surface area contributed by atoms with Crippen LogP contribution in [0, 0.1) is 0 Å². The molecule has 2 atom stereocenters.